The summed E-state index contributed by atoms with van der Waals surface area (Å²) in [4.78, 5) is 28.3. The van der Waals surface area contributed by atoms with Crippen LogP contribution in [0.5, 0.6) is 0 Å². The first-order chi connectivity index (χ1) is 11.1. The SMILES string of the molecule is O=C(C=Cc1ccc(Br)cc1)Nn1cnc2ccccc2c1=O. The van der Waals surface area contributed by atoms with Crippen molar-refractivity contribution in [1.82, 2.24) is 9.66 Å². The Morgan fingerprint density at radius 2 is 1.87 bits per heavy atom. The molecule has 0 fully saturated rings. The zero-order chi connectivity index (χ0) is 16.2. The quantitative estimate of drug-likeness (QED) is 0.721. The van der Waals surface area contributed by atoms with E-state index in [1.165, 1.54) is 12.4 Å². The van der Waals surface area contributed by atoms with Gasteiger partial charge in [0, 0.05) is 10.5 Å². The van der Waals surface area contributed by atoms with E-state index in [0.717, 1.165) is 14.7 Å². The van der Waals surface area contributed by atoms with Crippen molar-refractivity contribution in [2.75, 3.05) is 5.43 Å². The molecule has 0 saturated heterocycles. The Balaban J connectivity index is 1.79. The minimum absolute atomic E-state index is 0.319. The van der Waals surface area contributed by atoms with Crippen molar-refractivity contribution in [1.29, 1.82) is 0 Å². The van der Waals surface area contributed by atoms with Gasteiger partial charge in [-0.2, -0.15) is 0 Å². The molecule has 1 N–H and O–H groups in total. The van der Waals surface area contributed by atoms with Gasteiger partial charge < -0.3 is 0 Å². The standard InChI is InChI=1S/C17H12BrN3O2/c18-13-8-5-12(6-9-13)7-10-16(22)20-21-11-19-15-4-2-1-3-14(15)17(21)23/h1-11H,(H,20,22). The summed E-state index contributed by atoms with van der Waals surface area (Å²) in [6.07, 6.45) is 4.34. The lowest BCUT2D eigenvalue weighted by Crippen LogP contribution is -2.32. The number of nitrogens with zero attached hydrogens (tertiary/aromatic N) is 2. The van der Waals surface area contributed by atoms with Crippen LogP contribution in [-0.2, 0) is 4.79 Å². The number of nitrogens with one attached hydrogen (secondary N) is 1. The molecule has 0 aliphatic carbocycles. The molecule has 114 valence electrons. The number of fused-ring (bicyclic) bond motifs is 1. The van der Waals surface area contributed by atoms with Crippen LogP contribution in [-0.4, -0.2) is 15.6 Å². The Hall–Kier alpha value is -2.73. The van der Waals surface area contributed by atoms with Gasteiger partial charge in [0.25, 0.3) is 11.5 Å². The molecule has 0 bridgehead atoms. The van der Waals surface area contributed by atoms with Crippen LogP contribution in [0.15, 0.2) is 70.2 Å². The lowest BCUT2D eigenvalue weighted by molar-refractivity contribution is -0.112. The lowest BCUT2D eigenvalue weighted by Gasteiger charge is -2.06. The fraction of sp³-hybridized carbons (Fsp3) is 0. The summed E-state index contributed by atoms with van der Waals surface area (Å²) in [6.45, 7) is 0. The minimum Gasteiger partial charge on any atom is -0.268 e. The van der Waals surface area contributed by atoms with E-state index < -0.39 is 5.91 Å². The monoisotopic (exact) mass is 369 g/mol. The van der Waals surface area contributed by atoms with E-state index in [1.807, 2.05) is 24.3 Å². The number of benzene rings is 2. The maximum Gasteiger partial charge on any atom is 0.280 e. The van der Waals surface area contributed by atoms with Crippen LogP contribution in [0.1, 0.15) is 5.56 Å². The van der Waals surface area contributed by atoms with Crippen molar-refractivity contribution < 1.29 is 4.79 Å². The summed E-state index contributed by atoms with van der Waals surface area (Å²) in [5.74, 6) is -0.410. The van der Waals surface area contributed by atoms with E-state index in [-0.39, 0.29) is 5.56 Å². The number of para-hydroxylation sites is 1. The zero-order valence-electron chi connectivity index (χ0n) is 11.9. The molecule has 0 unspecified atom stereocenters. The van der Waals surface area contributed by atoms with Gasteiger partial charge in [-0.3, -0.25) is 15.0 Å². The number of aromatic nitrogens is 2. The Kier molecular flexibility index (Phi) is 4.34. The predicted molar refractivity (Wildman–Crippen MR) is 93.5 cm³/mol. The average Bonchev–Trinajstić information content (AvgIpc) is 2.57. The summed E-state index contributed by atoms with van der Waals surface area (Å²) in [5.41, 5.74) is 3.65. The summed E-state index contributed by atoms with van der Waals surface area (Å²) in [6, 6.07) is 14.5. The van der Waals surface area contributed by atoms with Crippen molar-refractivity contribution in [2.24, 2.45) is 0 Å². The Labute approximate surface area is 140 Å². The van der Waals surface area contributed by atoms with Crippen molar-refractivity contribution >= 4 is 38.8 Å². The minimum atomic E-state index is -0.410. The number of amides is 1. The van der Waals surface area contributed by atoms with Crippen LogP contribution in [0.25, 0.3) is 17.0 Å². The molecule has 3 rings (SSSR count). The first kappa shape index (κ1) is 15.2. The first-order valence-electron chi connectivity index (χ1n) is 6.84. The van der Waals surface area contributed by atoms with Crippen LogP contribution in [0.3, 0.4) is 0 Å². The van der Waals surface area contributed by atoms with Crippen molar-refractivity contribution in [3.63, 3.8) is 0 Å². The Morgan fingerprint density at radius 1 is 1.13 bits per heavy atom. The van der Waals surface area contributed by atoms with Gasteiger partial charge in [0.05, 0.1) is 10.9 Å². The van der Waals surface area contributed by atoms with E-state index in [4.69, 9.17) is 0 Å². The number of hydrogen-bond acceptors (Lipinski definition) is 3. The molecule has 2 aromatic carbocycles. The van der Waals surface area contributed by atoms with E-state index in [2.05, 4.69) is 26.3 Å². The van der Waals surface area contributed by atoms with Crippen molar-refractivity contribution in [2.45, 2.75) is 0 Å². The molecule has 1 amide bonds. The largest absolute Gasteiger partial charge is 0.280 e. The molecule has 0 aliphatic heterocycles. The topological polar surface area (TPSA) is 64.0 Å². The molecule has 0 spiro atoms. The Morgan fingerprint density at radius 3 is 2.65 bits per heavy atom. The molecule has 5 nitrogen and oxygen atoms in total. The number of rotatable bonds is 3. The third-order valence-corrected chi connectivity index (χ3v) is 3.72. The molecular weight excluding hydrogens is 358 g/mol. The zero-order valence-corrected chi connectivity index (χ0v) is 13.5. The molecule has 3 aromatic rings. The highest BCUT2D eigenvalue weighted by Crippen LogP contribution is 2.11. The molecular formula is C17H12BrN3O2. The fourth-order valence-electron chi connectivity index (χ4n) is 2.05. The lowest BCUT2D eigenvalue weighted by atomic mass is 10.2. The maximum absolute atomic E-state index is 12.3. The maximum atomic E-state index is 12.3. The number of carbonyl (C=O) groups is 1. The predicted octanol–water partition coefficient (Wildman–Crippen LogP) is 2.94. The van der Waals surface area contributed by atoms with Gasteiger partial charge in [-0.15, -0.1) is 0 Å². The molecule has 0 atom stereocenters. The molecule has 23 heavy (non-hydrogen) atoms. The van der Waals surface area contributed by atoms with Gasteiger partial charge in [-0.05, 0) is 35.9 Å². The summed E-state index contributed by atoms with van der Waals surface area (Å²) in [7, 11) is 0. The third-order valence-electron chi connectivity index (χ3n) is 3.19. The van der Waals surface area contributed by atoms with Crippen LogP contribution in [0.2, 0.25) is 0 Å². The molecule has 0 radical (unpaired) electrons. The van der Waals surface area contributed by atoms with Gasteiger partial charge in [0.15, 0.2) is 0 Å². The molecule has 0 saturated carbocycles. The molecule has 1 aromatic heterocycles. The Bertz CT molecular complexity index is 946. The van der Waals surface area contributed by atoms with Gasteiger partial charge in [-0.1, -0.05) is 40.2 Å². The van der Waals surface area contributed by atoms with Crippen molar-refractivity contribution in [3.8, 4) is 0 Å². The fourth-order valence-corrected chi connectivity index (χ4v) is 2.31. The summed E-state index contributed by atoms with van der Waals surface area (Å²) >= 11 is 3.35. The van der Waals surface area contributed by atoms with Crippen molar-refractivity contribution in [3.05, 3.63) is 81.3 Å². The third kappa shape index (κ3) is 3.54. The second kappa shape index (κ2) is 6.58. The van der Waals surface area contributed by atoms with Gasteiger partial charge >= 0.3 is 0 Å². The van der Waals surface area contributed by atoms with E-state index in [9.17, 15) is 9.59 Å². The summed E-state index contributed by atoms with van der Waals surface area (Å²) < 4.78 is 2.05. The number of halogens is 1. The van der Waals surface area contributed by atoms with Crippen LogP contribution in [0.4, 0.5) is 0 Å². The smallest absolute Gasteiger partial charge is 0.268 e. The second-order valence-corrected chi connectivity index (χ2v) is 5.71. The van der Waals surface area contributed by atoms with Crippen LogP contribution < -0.4 is 11.0 Å². The summed E-state index contributed by atoms with van der Waals surface area (Å²) in [5, 5.41) is 0.451. The highest BCUT2D eigenvalue weighted by atomic mass is 79.9. The number of carbonyl (C=O) groups excluding carboxylic acids is 1. The molecule has 1 heterocycles. The average molecular weight is 370 g/mol. The molecule has 0 aliphatic rings. The van der Waals surface area contributed by atoms with Gasteiger partial charge in [-0.25, -0.2) is 9.66 Å². The van der Waals surface area contributed by atoms with E-state index >= 15 is 0 Å². The highest BCUT2D eigenvalue weighted by molar-refractivity contribution is 9.10. The van der Waals surface area contributed by atoms with E-state index in [1.54, 1.807) is 30.3 Å². The second-order valence-electron chi connectivity index (χ2n) is 4.80. The van der Waals surface area contributed by atoms with E-state index in [0.29, 0.717) is 10.9 Å². The van der Waals surface area contributed by atoms with Crippen LogP contribution in [0, 0.1) is 0 Å². The first-order valence-corrected chi connectivity index (χ1v) is 7.64. The van der Waals surface area contributed by atoms with Gasteiger partial charge in [0.1, 0.15) is 6.33 Å². The molecule has 6 heteroatoms. The normalized spacial score (nSPS) is 11.0. The highest BCUT2D eigenvalue weighted by Gasteiger charge is 2.04. The van der Waals surface area contributed by atoms with Crippen LogP contribution >= 0.6 is 15.9 Å². The van der Waals surface area contributed by atoms with Gasteiger partial charge in [0.2, 0.25) is 0 Å². The number of hydrogen-bond donors (Lipinski definition) is 1.